The second-order valence-corrected chi connectivity index (χ2v) is 7.44. The van der Waals surface area contributed by atoms with Gasteiger partial charge in [-0.25, -0.2) is 4.79 Å². The molecule has 0 aliphatic carbocycles. The molecule has 0 atom stereocenters. The topological polar surface area (TPSA) is 73.5 Å². The summed E-state index contributed by atoms with van der Waals surface area (Å²) in [6.07, 6.45) is 5.25. The third-order valence-corrected chi connectivity index (χ3v) is 5.47. The second kappa shape index (κ2) is 8.39. The fraction of sp³-hybridized carbons (Fsp3) is 0.167. The standard InChI is InChI=1S/C24H23N5O2/c30-24(27-23-17-26-22-6-2-1-5-21(22)23)29-14-12-28(13-15-29)18-7-9-19(10-8-18)31-20-4-3-11-25-16-20/h1-11,16-17,26H,12-15H2,(H,27,30). The number of anilines is 2. The number of hydrogen-bond acceptors (Lipinski definition) is 4. The molecule has 7 heteroatoms. The van der Waals surface area contributed by atoms with Crippen LogP contribution in [0.4, 0.5) is 16.2 Å². The molecule has 1 fully saturated rings. The Morgan fingerprint density at radius 2 is 1.74 bits per heavy atom. The van der Waals surface area contributed by atoms with E-state index in [2.05, 4.69) is 20.2 Å². The van der Waals surface area contributed by atoms with Crippen molar-refractivity contribution in [1.82, 2.24) is 14.9 Å². The van der Waals surface area contributed by atoms with Gasteiger partial charge in [-0.1, -0.05) is 18.2 Å². The van der Waals surface area contributed by atoms with Crippen LogP contribution in [0.25, 0.3) is 10.9 Å². The van der Waals surface area contributed by atoms with Crippen LogP contribution in [0, 0.1) is 0 Å². The van der Waals surface area contributed by atoms with Gasteiger partial charge in [0.1, 0.15) is 11.5 Å². The highest BCUT2D eigenvalue weighted by Crippen LogP contribution is 2.25. The maximum Gasteiger partial charge on any atom is 0.322 e. The summed E-state index contributed by atoms with van der Waals surface area (Å²) in [4.78, 5) is 24.1. The highest BCUT2D eigenvalue weighted by atomic mass is 16.5. The Hall–Kier alpha value is -4.00. The summed E-state index contributed by atoms with van der Waals surface area (Å²) >= 11 is 0. The van der Waals surface area contributed by atoms with Gasteiger partial charge in [0, 0.05) is 55.2 Å². The third-order valence-electron chi connectivity index (χ3n) is 5.47. The van der Waals surface area contributed by atoms with Crippen molar-refractivity contribution in [1.29, 1.82) is 0 Å². The number of nitrogens with one attached hydrogen (secondary N) is 2. The fourth-order valence-electron chi connectivity index (χ4n) is 3.81. The minimum atomic E-state index is -0.0652. The quantitative estimate of drug-likeness (QED) is 0.508. The lowest BCUT2D eigenvalue weighted by Gasteiger charge is -2.36. The number of ether oxygens (including phenoxy) is 1. The number of rotatable bonds is 4. The number of H-pyrrole nitrogens is 1. The zero-order chi connectivity index (χ0) is 21.0. The molecule has 2 aromatic heterocycles. The van der Waals surface area contributed by atoms with E-state index in [1.165, 1.54) is 0 Å². The van der Waals surface area contributed by atoms with Crippen LogP contribution in [0.5, 0.6) is 11.5 Å². The lowest BCUT2D eigenvalue weighted by Crippen LogP contribution is -2.50. The molecule has 7 nitrogen and oxygen atoms in total. The Bertz CT molecular complexity index is 1170. The van der Waals surface area contributed by atoms with Gasteiger partial charge in [0.25, 0.3) is 0 Å². The first-order valence-electron chi connectivity index (χ1n) is 10.3. The molecule has 4 aromatic rings. The Kier molecular flexibility index (Phi) is 5.14. The molecule has 5 rings (SSSR count). The molecule has 3 heterocycles. The van der Waals surface area contributed by atoms with Crippen molar-refractivity contribution in [3.8, 4) is 11.5 Å². The number of aromatic amines is 1. The van der Waals surface area contributed by atoms with E-state index in [4.69, 9.17) is 4.74 Å². The molecule has 2 N–H and O–H groups in total. The summed E-state index contributed by atoms with van der Waals surface area (Å²) in [6, 6.07) is 19.6. The van der Waals surface area contributed by atoms with Crippen LogP contribution >= 0.6 is 0 Å². The second-order valence-electron chi connectivity index (χ2n) is 7.44. The Morgan fingerprint density at radius 1 is 0.935 bits per heavy atom. The summed E-state index contributed by atoms with van der Waals surface area (Å²) in [5.41, 5.74) is 2.95. The highest BCUT2D eigenvalue weighted by Gasteiger charge is 2.22. The van der Waals surface area contributed by atoms with Crippen LogP contribution in [0.15, 0.2) is 79.3 Å². The first-order chi connectivity index (χ1) is 15.3. The number of pyridine rings is 1. The molecule has 31 heavy (non-hydrogen) atoms. The number of amides is 2. The van der Waals surface area contributed by atoms with Gasteiger partial charge in [-0.3, -0.25) is 4.98 Å². The zero-order valence-corrected chi connectivity index (χ0v) is 17.0. The van der Waals surface area contributed by atoms with E-state index in [9.17, 15) is 4.79 Å². The number of fused-ring (bicyclic) bond motifs is 1. The molecule has 1 saturated heterocycles. The smallest absolute Gasteiger partial charge is 0.322 e. The fourth-order valence-corrected chi connectivity index (χ4v) is 3.81. The van der Waals surface area contributed by atoms with Crippen LogP contribution in [0.1, 0.15) is 0 Å². The van der Waals surface area contributed by atoms with E-state index in [0.717, 1.165) is 41.1 Å². The maximum absolute atomic E-state index is 12.7. The third kappa shape index (κ3) is 4.16. The van der Waals surface area contributed by atoms with Crippen molar-refractivity contribution in [3.05, 3.63) is 79.3 Å². The molecule has 1 aliphatic heterocycles. The van der Waals surface area contributed by atoms with Gasteiger partial charge >= 0.3 is 6.03 Å². The van der Waals surface area contributed by atoms with Crippen LogP contribution in [-0.4, -0.2) is 47.1 Å². The normalized spacial score (nSPS) is 13.9. The van der Waals surface area contributed by atoms with Gasteiger partial charge in [0.15, 0.2) is 0 Å². The molecule has 0 bridgehead atoms. The van der Waals surface area contributed by atoms with Crippen molar-refractivity contribution < 1.29 is 9.53 Å². The molecule has 0 radical (unpaired) electrons. The number of nitrogens with zero attached hydrogens (tertiary/aromatic N) is 3. The van der Waals surface area contributed by atoms with Crippen molar-refractivity contribution in [2.75, 3.05) is 36.4 Å². The van der Waals surface area contributed by atoms with Gasteiger partial charge in [-0.05, 0) is 42.5 Å². The van der Waals surface area contributed by atoms with Crippen molar-refractivity contribution in [3.63, 3.8) is 0 Å². The predicted octanol–water partition coefficient (Wildman–Crippen LogP) is 4.71. The van der Waals surface area contributed by atoms with Crippen molar-refractivity contribution in [2.45, 2.75) is 0 Å². The average Bonchev–Trinajstić information content (AvgIpc) is 3.23. The number of aromatic nitrogens is 2. The van der Waals surface area contributed by atoms with Crippen LogP contribution < -0.4 is 15.0 Å². The summed E-state index contributed by atoms with van der Waals surface area (Å²) in [5.74, 6) is 1.48. The number of piperazine rings is 1. The van der Waals surface area contributed by atoms with Gasteiger partial charge in [-0.15, -0.1) is 0 Å². The monoisotopic (exact) mass is 413 g/mol. The van der Waals surface area contributed by atoms with E-state index in [0.29, 0.717) is 18.8 Å². The van der Waals surface area contributed by atoms with Gasteiger partial charge in [0.05, 0.1) is 11.9 Å². The average molecular weight is 413 g/mol. The van der Waals surface area contributed by atoms with E-state index in [1.54, 1.807) is 12.4 Å². The lowest BCUT2D eigenvalue weighted by molar-refractivity contribution is 0.208. The first kappa shape index (κ1) is 19.0. The van der Waals surface area contributed by atoms with Crippen LogP contribution in [0.2, 0.25) is 0 Å². The minimum Gasteiger partial charge on any atom is -0.456 e. The number of urea groups is 1. The van der Waals surface area contributed by atoms with Gasteiger partial charge in [0.2, 0.25) is 0 Å². The van der Waals surface area contributed by atoms with E-state index >= 15 is 0 Å². The highest BCUT2D eigenvalue weighted by molar-refractivity contribution is 6.01. The Balaban J connectivity index is 1.17. The largest absolute Gasteiger partial charge is 0.456 e. The number of hydrogen-bond donors (Lipinski definition) is 2. The van der Waals surface area contributed by atoms with E-state index in [-0.39, 0.29) is 6.03 Å². The van der Waals surface area contributed by atoms with E-state index in [1.807, 2.05) is 71.8 Å². The molecular weight excluding hydrogens is 390 g/mol. The van der Waals surface area contributed by atoms with Crippen LogP contribution in [-0.2, 0) is 0 Å². The minimum absolute atomic E-state index is 0.0652. The van der Waals surface area contributed by atoms with E-state index < -0.39 is 0 Å². The van der Waals surface area contributed by atoms with Gasteiger partial charge in [-0.2, -0.15) is 0 Å². The molecule has 2 aromatic carbocycles. The molecule has 0 unspecified atom stereocenters. The number of benzene rings is 2. The summed E-state index contributed by atoms with van der Waals surface area (Å²) in [6.45, 7) is 2.90. The van der Waals surface area contributed by atoms with Crippen molar-refractivity contribution >= 4 is 28.3 Å². The first-order valence-corrected chi connectivity index (χ1v) is 10.3. The lowest BCUT2D eigenvalue weighted by atomic mass is 10.2. The SMILES string of the molecule is O=C(Nc1c[nH]c2ccccc12)N1CCN(c2ccc(Oc3cccnc3)cc2)CC1. The number of para-hydroxylation sites is 1. The summed E-state index contributed by atoms with van der Waals surface area (Å²) < 4.78 is 5.80. The number of carbonyl (C=O) groups is 1. The predicted molar refractivity (Wildman–Crippen MR) is 122 cm³/mol. The molecular formula is C24H23N5O2. The zero-order valence-electron chi connectivity index (χ0n) is 17.0. The molecule has 1 aliphatic rings. The molecule has 0 spiro atoms. The summed E-state index contributed by atoms with van der Waals surface area (Å²) in [7, 11) is 0. The van der Waals surface area contributed by atoms with Crippen molar-refractivity contribution in [2.24, 2.45) is 0 Å². The molecule has 2 amide bonds. The summed E-state index contributed by atoms with van der Waals surface area (Å²) in [5, 5.41) is 4.05. The van der Waals surface area contributed by atoms with Crippen LogP contribution in [0.3, 0.4) is 0 Å². The Morgan fingerprint density at radius 3 is 2.52 bits per heavy atom. The Labute approximate surface area is 180 Å². The molecule has 156 valence electrons. The molecule has 0 saturated carbocycles. The van der Waals surface area contributed by atoms with Gasteiger partial charge < -0.3 is 24.8 Å². The number of carbonyl (C=O) groups excluding carboxylic acids is 1. The maximum atomic E-state index is 12.7.